The fourth-order valence-electron chi connectivity index (χ4n) is 12.5. The number of anilines is 2. The maximum Gasteiger partial charge on any atom is 0.475 e. The summed E-state index contributed by atoms with van der Waals surface area (Å²) in [5.74, 6) is -0.783. The first kappa shape index (κ1) is 80.1. The minimum absolute atomic E-state index is 0.0637. The summed E-state index contributed by atoms with van der Waals surface area (Å²) in [6.07, 6.45) is -13.4. The Balaban J connectivity index is 0.956. The number of phosphoric acid groups is 1. The number of hydrogen-bond donors (Lipinski definition) is 4. The lowest BCUT2D eigenvalue weighted by Crippen LogP contribution is -2.41. The number of phosphoric ester groups is 1. The molecule has 0 bridgehead atoms. The van der Waals surface area contributed by atoms with Crippen LogP contribution < -0.4 is 41.0 Å². The molecule has 0 aliphatic carbocycles. The van der Waals surface area contributed by atoms with Crippen LogP contribution in [0, 0.1) is 0 Å². The summed E-state index contributed by atoms with van der Waals surface area (Å²) in [5, 5.41) is 30.4. The van der Waals surface area contributed by atoms with Crippen molar-refractivity contribution in [3.05, 3.63) is 237 Å². The average molecular weight is 1520 g/mol. The molecule has 2 saturated heterocycles. The minimum atomic E-state index is -5.06. The molecule has 2 aliphatic rings. The van der Waals surface area contributed by atoms with E-state index in [4.69, 9.17) is 79.9 Å². The molecule has 32 nitrogen and oxygen atoms in total. The summed E-state index contributed by atoms with van der Waals surface area (Å²) in [6.45, 7) is -0.0466. The zero-order valence-corrected chi connectivity index (χ0v) is 61.2. The third kappa shape index (κ3) is 19.1. The average Bonchev–Trinajstić information content (AvgIpc) is 1.01. The lowest BCUT2D eigenvalue weighted by molar-refractivity contribution is -0.209. The van der Waals surface area contributed by atoms with Gasteiger partial charge in [0.15, 0.2) is 12.5 Å². The van der Waals surface area contributed by atoms with Crippen LogP contribution in [0.5, 0.6) is 23.0 Å². The normalized spacial score (nSPS) is 19.0. The van der Waals surface area contributed by atoms with Crippen LogP contribution >= 0.6 is 7.82 Å². The molecule has 0 saturated carbocycles. The topological polar surface area (TPSA) is 377 Å². The summed E-state index contributed by atoms with van der Waals surface area (Å²) in [5.41, 5.74) is -0.0538. The Morgan fingerprint density at radius 1 is 0.491 bits per heavy atom. The third-order valence-electron chi connectivity index (χ3n) is 17.4. The molecule has 33 heteroatoms. The third-order valence-corrected chi connectivity index (χ3v) is 18.8. The van der Waals surface area contributed by atoms with E-state index in [-0.39, 0.29) is 11.6 Å². The number of esters is 4. The van der Waals surface area contributed by atoms with Gasteiger partial charge in [0, 0.05) is 47.2 Å². The number of nitrogens with zero attached hydrogens (tertiary/aromatic N) is 4. The van der Waals surface area contributed by atoms with Crippen LogP contribution in [0.15, 0.2) is 192 Å². The second-order valence-electron chi connectivity index (χ2n) is 24.2. The number of aromatic nitrogens is 4. The lowest BCUT2D eigenvalue weighted by atomic mass is 9.77. The smallest absolute Gasteiger partial charge is 0.475 e. The van der Waals surface area contributed by atoms with Gasteiger partial charge in [-0.2, -0.15) is 9.97 Å². The van der Waals surface area contributed by atoms with Gasteiger partial charge in [-0.25, -0.2) is 14.2 Å². The molecule has 574 valence electrons. The van der Waals surface area contributed by atoms with Gasteiger partial charge in [0.05, 0.1) is 41.7 Å². The number of hydrogen-bond acceptors (Lipinski definition) is 30. The van der Waals surface area contributed by atoms with Crippen LogP contribution in [0.25, 0.3) is 0 Å². The summed E-state index contributed by atoms with van der Waals surface area (Å²) >= 11 is 0. The van der Waals surface area contributed by atoms with E-state index in [2.05, 4.69) is 20.6 Å². The zero-order chi connectivity index (χ0) is 77.1. The van der Waals surface area contributed by atoms with Gasteiger partial charge < -0.3 is 87.2 Å². The van der Waals surface area contributed by atoms with Crippen molar-refractivity contribution in [3.63, 3.8) is 0 Å². The van der Waals surface area contributed by atoms with Crippen LogP contribution in [-0.2, 0) is 95.8 Å². The molecule has 4 heterocycles. The molecule has 0 spiro atoms. The van der Waals surface area contributed by atoms with Crippen LogP contribution in [-0.4, -0.2) is 178 Å². The largest absolute Gasteiger partial charge is 0.497 e. The van der Waals surface area contributed by atoms with E-state index >= 15 is 4.57 Å². The van der Waals surface area contributed by atoms with E-state index in [1.54, 1.807) is 77.0 Å². The molecule has 0 amide bonds. The Morgan fingerprint density at radius 3 is 1.17 bits per heavy atom. The van der Waals surface area contributed by atoms with E-state index in [1.807, 2.05) is 109 Å². The molecule has 2 fully saturated rings. The maximum absolute atomic E-state index is 15.1. The second-order valence-corrected chi connectivity index (χ2v) is 26.0. The highest BCUT2D eigenvalue weighted by molar-refractivity contribution is 7.48. The van der Waals surface area contributed by atoms with Crippen molar-refractivity contribution in [3.8, 4) is 23.0 Å². The van der Waals surface area contributed by atoms with Gasteiger partial charge in [-0.1, -0.05) is 109 Å². The Labute approximate surface area is 620 Å². The summed E-state index contributed by atoms with van der Waals surface area (Å²) in [4.78, 5) is 86.3. The number of benzene rings is 6. The molecule has 10 rings (SSSR count). The molecular formula is C75H83N6O26P. The quantitative estimate of drug-likeness (QED) is 0.00977. The SMILES string of the molecule is COc1ccc(C(Nc2ccn([C@@H]3O[C@H](COP(=O)(OC)O[C@H]4[C@@H](OCOCC(OC(C)=O)OC(C)=O)[C@H](n5ccc(NC(c6ccccc6)(c6ccc(OC)cc6)c6ccc(OC)cc6)nc5=O)O[C@@H]4CO)[C@@H](O)[C@H]3OCOCC(OC(C)=O)OC(C)=O)c(=O)n2)(c2ccccc2)c2ccc(OC)cc2)cc1. The highest BCUT2D eigenvalue weighted by atomic mass is 31.2. The number of ether oxygens (including phenoxy) is 14. The van der Waals surface area contributed by atoms with Crippen molar-refractivity contribution in [2.75, 3.05) is 86.2 Å². The molecule has 108 heavy (non-hydrogen) atoms. The van der Waals surface area contributed by atoms with Gasteiger partial charge in [-0.05, 0) is 94.0 Å². The Bertz CT molecular complexity index is 4340. The summed E-state index contributed by atoms with van der Waals surface area (Å²) in [6, 6.07) is 51.1. The van der Waals surface area contributed by atoms with E-state index in [9.17, 15) is 39.0 Å². The number of carbonyl (C=O) groups is 4. The van der Waals surface area contributed by atoms with Crippen LogP contribution in [0.4, 0.5) is 11.6 Å². The Morgan fingerprint density at radius 2 is 0.833 bits per heavy atom. The summed E-state index contributed by atoms with van der Waals surface area (Å²) in [7, 11) is 2.10. The van der Waals surface area contributed by atoms with Gasteiger partial charge >= 0.3 is 43.1 Å². The monoisotopic (exact) mass is 1510 g/mol. The summed E-state index contributed by atoms with van der Waals surface area (Å²) < 4.78 is 113. The first-order valence-corrected chi connectivity index (χ1v) is 35.1. The molecule has 1 unspecified atom stereocenters. The van der Waals surface area contributed by atoms with E-state index in [0.717, 1.165) is 55.1 Å². The van der Waals surface area contributed by atoms with Gasteiger partial charge in [0.25, 0.3) is 12.6 Å². The lowest BCUT2D eigenvalue weighted by Gasteiger charge is -2.37. The zero-order valence-electron chi connectivity index (χ0n) is 60.3. The minimum Gasteiger partial charge on any atom is -0.497 e. The van der Waals surface area contributed by atoms with E-state index in [0.29, 0.717) is 45.3 Å². The van der Waals surface area contributed by atoms with E-state index in [1.165, 1.54) is 24.5 Å². The molecule has 2 aliphatic heterocycles. The van der Waals surface area contributed by atoms with Crippen LogP contribution in [0.2, 0.25) is 0 Å². The Kier molecular flexibility index (Phi) is 27.4. The number of carbonyl (C=O) groups excluding carboxylic acids is 4. The second kappa shape index (κ2) is 36.9. The van der Waals surface area contributed by atoms with Crippen molar-refractivity contribution in [2.24, 2.45) is 0 Å². The van der Waals surface area contributed by atoms with Gasteiger partial charge in [-0.3, -0.25) is 41.9 Å². The highest BCUT2D eigenvalue weighted by Gasteiger charge is 2.53. The van der Waals surface area contributed by atoms with Crippen LogP contribution in [0.3, 0.4) is 0 Å². The highest BCUT2D eigenvalue weighted by Crippen LogP contribution is 2.54. The fourth-order valence-corrected chi connectivity index (χ4v) is 13.6. The first-order chi connectivity index (χ1) is 52.1. The van der Waals surface area contributed by atoms with E-state index < -0.39 is 156 Å². The maximum atomic E-state index is 15.1. The molecule has 4 N–H and O–H groups in total. The number of methoxy groups -OCH3 is 4. The van der Waals surface area contributed by atoms with Crippen LogP contribution in [0.1, 0.15) is 73.5 Å². The van der Waals surface area contributed by atoms with Crippen molar-refractivity contribution in [1.29, 1.82) is 0 Å². The Hall–Kier alpha value is -10.5. The molecule has 6 aromatic carbocycles. The molecule has 9 atom stereocenters. The molecule has 2 aromatic heterocycles. The number of aliphatic hydroxyl groups excluding tert-OH is 2. The number of nitrogens with one attached hydrogen (secondary N) is 2. The van der Waals surface area contributed by atoms with Crippen molar-refractivity contribution in [1.82, 2.24) is 19.1 Å². The number of aliphatic hydroxyl groups is 2. The van der Waals surface area contributed by atoms with Gasteiger partial charge in [0.2, 0.25) is 0 Å². The van der Waals surface area contributed by atoms with Crippen molar-refractivity contribution >= 4 is 43.3 Å². The predicted octanol–water partition coefficient (Wildman–Crippen LogP) is 7.27. The molecule has 8 aromatic rings. The molecular weight excluding hydrogens is 1430 g/mol. The van der Waals surface area contributed by atoms with Crippen molar-refractivity contribution < 1.29 is 114 Å². The van der Waals surface area contributed by atoms with Gasteiger partial charge in [-0.15, -0.1) is 0 Å². The number of rotatable bonds is 37. The fraction of sp³-hybridized carbons (Fsp3) is 0.360. The van der Waals surface area contributed by atoms with Crippen molar-refractivity contribution in [2.45, 2.75) is 100 Å². The first-order valence-electron chi connectivity index (χ1n) is 33.7. The van der Waals surface area contributed by atoms with Gasteiger partial charge in [0.1, 0.15) is 109 Å². The molecule has 0 radical (unpaired) electrons. The predicted molar refractivity (Wildman–Crippen MR) is 381 cm³/mol. The standard InChI is InChI=1S/C75H83N6O26P/c1-46(83)101-64(102-47(2)84)42-96-44-98-68-66(87)61(106-70(68)80-38-36-62(76-72(80)88)78-74(50-16-12-10-13-17-50,52-20-28-56(91-5)29-21-52)53-22-30-57(92-6)31-23-53)41-100-108(90,95-9)107-67-60(40-82)105-71(69(67)99-45-97-43-65(103-48(3)85)104-49(4)86)81-39-37-63(77-73(81)89)79-75(51-18-14-11-15-19-51,54-24-32-58(93-7)33-25-54)55-26-34-59(94-8)35-27-55/h10-39,60-61,64-71,82,87H,40-45H2,1-9H3,(H,76,78,88)(H,77,79,89)/t60-,61-,66-,67-,68-,69-,70-,71-,108?/m1/s1.